The third-order valence-electron chi connectivity index (χ3n) is 5.72. The number of benzene rings is 3. The molecule has 0 saturated carbocycles. The minimum absolute atomic E-state index is 0.0543. The van der Waals surface area contributed by atoms with E-state index in [-0.39, 0.29) is 40.5 Å². The fourth-order valence-electron chi connectivity index (χ4n) is 4.14. The van der Waals surface area contributed by atoms with E-state index in [0.29, 0.717) is 16.9 Å². The lowest BCUT2D eigenvalue weighted by molar-refractivity contribution is -0.132. The van der Waals surface area contributed by atoms with Crippen LogP contribution in [0.5, 0.6) is 17.2 Å². The van der Waals surface area contributed by atoms with Gasteiger partial charge in [0, 0.05) is 11.3 Å². The molecule has 192 valence electrons. The number of aromatic hydroxyl groups is 1. The first-order chi connectivity index (χ1) is 17.6. The molecule has 0 aliphatic carbocycles. The molecule has 0 bridgehead atoms. The van der Waals surface area contributed by atoms with Gasteiger partial charge in [-0.1, -0.05) is 17.7 Å². The van der Waals surface area contributed by atoms with E-state index in [1.165, 1.54) is 30.3 Å². The fraction of sp³-hybridized carbons (Fsp3) is 0.214. The number of Topliss-reactive ketones (excluding diaryl/α,β-unsaturated/α-hetero) is 1. The Balaban J connectivity index is 1.91. The van der Waals surface area contributed by atoms with Crippen LogP contribution in [0.25, 0.3) is 5.76 Å². The highest BCUT2D eigenvalue weighted by molar-refractivity contribution is 6.51. The molecule has 1 fully saturated rings. The first-order valence-electron chi connectivity index (χ1n) is 11.6. The van der Waals surface area contributed by atoms with Crippen LogP contribution in [0.1, 0.15) is 37.9 Å². The topological polar surface area (TPSA) is 96.3 Å². The number of nitrogens with zero attached hydrogens (tertiary/aromatic N) is 1. The first kappa shape index (κ1) is 26.0. The molecule has 9 heteroatoms. The normalized spacial score (nSPS) is 16.9. The number of ether oxygens (including phenoxy) is 2. The summed E-state index contributed by atoms with van der Waals surface area (Å²) in [6.45, 7) is 5.76. The monoisotopic (exact) mass is 525 g/mol. The number of phenolic OH excluding ortho intramolecular Hbond substituents is 1. The molecular formula is C28H25ClFNO6. The highest BCUT2D eigenvalue weighted by Crippen LogP contribution is 2.44. The summed E-state index contributed by atoms with van der Waals surface area (Å²) < 4.78 is 25.0. The lowest BCUT2D eigenvalue weighted by Crippen LogP contribution is -2.29. The first-order valence-corrected chi connectivity index (χ1v) is 12.0. The number of halogens is 2. The molecular weight excluding hydrogens is 501 g/mol. The van der Waals surface area contributed by atoms with Gasteiger partial charge in [-0.2, -0.15) is 0 Å². The number of rotatable bonds is 7. The molecule has 7 nitrogen and oxygen atoms in total. The Morgan fingerprint density at radius 2 is 1.78 bits per heavy atom. The van der Waals surface area contributed by atoms with Crippen LogP contribution in [0.15, 0.2) is 66.2 Å². The van der Waals surface area contributed by atoms with Gasteiger partial charge in [0.15, 0.2) is 11.5 Å². The summed E-state index contributed by atoms with van der Waals surface area (Å²) in [5.74, 6) is -2.38. The Hall–Kier alpha value is -4.04. The van der Waals surface area contributed by atoms with E-state index in [1.807, 2.05) is 13.8 Å². The van der Waals surface area contributed by atoms with Gasteiger partial charge in [-0.05, 0) is 80.9 Å². The van der Waals surface area contributed by atoms with Gasteiger partial charge in [0.25, 0.3) is 11.7 Å². The Labute approximate surface area is 218 Å². The van der Waals surface area contributed by atoms with Crippen LogP contribution in [0.4, 0.5) is 10.1 Å². The van der Waals surface area contributed by atoms with Crippen molar-refractivity contribution in [2.75, 3.05) is 11.5 Å². The van der Waals surface area contributed by atoms with Crippen molar-refractivity contribution in [3.63, 3.8) is 0 Å². The zero-order chi connectivity index (χ0) is 26.9. The van der Waals surface area contributed by atoms with Gasteiger partial charge in [0.05, 0.1) is 29.3 Å². The summed E-state index contributed by atoms with van der Waals surface area (Å²) in [5.41, 5.74) is 0.641. The predicted molar refractivity (Wildman–Crippen MR) is 138 cm³/mol. The summed E-state index contributed by atoms with van der Waals surface area (Å²) in [4.78, 5) is 27.7. The number of ketones is 1. The van der Waals surface area contributed by atoms with E-state index in [1.54, 1.807) is 31.2 Å². The van der Waals surface area contributed by atoms with E-state index < -0.39 is 29.3 Å². The van der Waals surface area contributed by atoms with Crippen LogP contribution in [0, 0.1) is 5.82 Å². The Morgan fingerprint density at radius 1 is 1.08 bits per heavy atom. The van der Waals surface area contributed by atoms with Crippen molar-refractivity contribution in [3.05, 3.63) is 88.2 Å². The van der Waals surface area contributed by atoms with Crippen molar-refractivity contribution in [3.8, 4) is 17.2 Å². The van der Waals surface area contributed by atoms with E-state index >= 15 is 0 Å². The third-order valence-corrected chi connectivity index (χ3v) is 6.01. The molecule has 2 N–H and O–H groups in total. The van der Waals surface area contributed by atoms with Crippen LogP contribution in [-0.4, -0.2) is 34.6 Å². The summed E-state index contributed by atoms with van der Waals surface area (Å²) in [5, 5.41) is 21.2. The molecule has 3 aromatic rings. The number of phenols is 1. The smallest absolute Gasteiger partial charge is 0.300 e. The lowest BCUT2D eigenvalue weighted by atomic mass is 9.94. The SMILES string of the molecule is CCOc1cc(C2/C(=C(\O)c3ccc(OC(C)C)cc3)C(=O)C(=O)N2c2ccc(F)c(Cl)c2)ccc1O. The quantitative estimate of drug-likeness (QED) is 0.223. The van der Waals surface area contributed by atoms with Gasteiger partial charge in [-0.3, -0.25) is 14.5 Å². The second-order valence-corrected chi connectivity index (χ2v) is 9.03. The van der Waals surface area contributed by atoms with Crippen LogP contribution >= 0.6 is 11.6 Å². The molecule has 1 saturated heterocycles. The number of amides is 1. The third kappa shape index (κ3) is 5.11. The number of aliphatic hydroxyl groups excluding tert-OH is 1. The zero-order valence-electron chi connectivity index (χ0n) is 20.4. The van der Waals surface area contributed by atoms with Crippen LogP contribution in [0.3, 0.4) is 0 Å². The second-order valence-electron chi connectivity index (χ2n) is 8.62. The maximum atomic E-state index is 13.9. The van der Waals surface area contributed by atoms with Gasteiger partial charge >= 0.3 is 0 Å². The van der Waals surface area contributed by atoms with Crippen LogP contribution in [0.2, 0.25) is 5.02 Å². The molecule has 0 spiro atoms. The number of aliphatic hydroxyl groups is 1. The highest BCUT2D eigenvalue weighted by atomic mass is 35.5. The molecule has 1 unspecified atom stereocenters. The molecule has 0 radical (unpaired) electrons. The molecule has 1 aliphatic rings. The summed E-state index contributed by atoms with van der Waals surface area (Å²) >= 11 is 5.98. The molecule has 37 heavy (non-hydrogen) atoms. The number of carbonyl (C=O) groups is 2. The van der Waals surface area contributed by atoms with Crippen LogP contribution in [-0.2, 0) is 9.59 Å². The van der Waals surface area contributed by atoms with Gasteiger partial charge < -0.3 is 19.7 Å². The molecule has 1 atom stereocenters. The van der Waals surface area contributed by atoms with Crippen molar-refractivity contribution in [1.29, 1.82) is 0 Å². The lowest BCUT2D eigenvalue weighted by Gasteiger charge is -2.26. The molecule has 4 rings (SSSR count). The largest absolute Gasteiger partial charge is 0.507 e. The van der Waals surface area contributed by atoms with Crippen LogP contribution < -0.4 is 14.4 Å². The average molecular weight is 526 g/mol. The van der Waals surface area contributed by atoms with E-state index in [9.17, 15) is 24.2 Å². The Kier molecular flexibility index (Phi) is 7.40. The van der Waals surface area contributed by atoms with Gasteiger partial charge in [0.2, 0.25) is 0 Å². The second kappa shape index (κ2) is 10.5. The summed E-state index contributed by atoms with van der Waals surface area (Å²) in [7, 11) is 0. The Bertz CT molecular complexity index is 1390. The van der Waals surface area contributed by atoms with E-state index in [4.69, 9.17) is 21.1 Å². The number of hydrogen-bond donors (Lipinski definition) is 2. The maximum Gasteiger partial charge on any atom is 0.300 e. The van der Waals surface area contributed by atoms with Crippen molar-refractivity contribution < 1.29 is 33.7 Å². The van der Waals surface area contributed by atoms with Gasteiger partial charge in [-0.15, -0.1) is 0 Å². The number of carbonyl (C=O) groups excluding carboxylic acids is 2. The minimum Gasteiger partial charge on any atom is -0.507 e. The van der Waals surface area contributed by atoms with Crippen molar-refractivity contribution in [1.82, 2.24) is 0 Å². The molecule has 1 amide bonds. The van der Waals surface area contributed by atoms with Crippen molar-refractivity contribution in [2.45, 2.75) is 32.9 Å². The van der Waals surface area contributed by atoms with E-state index in [2.05, 4.69) is 0 Å². The van der Waals surface area contributed by atoms with Crippen molar-refractivity contribution >= 4 is 34.7 Å². The molecule has 1 aliphatic heterocycles. The van der Waals surface area contributed by atoms with E-state index in [0.717, 1.165) is 11.0 Å². The average Bonchev–Trinajstić information content (AvgIpc) is 3.12. The predicted octanol–water partition coefficient (Wildman–Crippen LogP) is 6.00. The fourth-order valence-corrected chi connectivity index (χ4v) is 4.31. The number of anilines is 1. The molecule has 0 aromatic heterocycles. The van der Waals surface area contributed by atoms with Gasteiger partial charge in [-0.25, -0.2) is 4.39 Å². The Morgan fingerprint density at radius 3 is 2.41 bits per heavy atom. The maximum absolute atomic E-state index is 13.9. The summed E-state index contributed by atoms with van der Waals surface area (Å²) in [6.07, 6.45) is -0.0543. The zero-order valence-corrected chi connectivity index (χ0v) is 21.1. The molecule has 3 aromatic carbocycles. The molecule has 1 heterocycles. The highest BCUT2D eigenvalue weighted by Gasteiger charge is 2.47. The number of hydrogen-bond acceptors (Lipinski definition) is 6. The minimum atomic E-state index is -1.12. The van der Waals surface area contributed by atoms with Crippen molar-refractivity contribution in [2.24, 2.45) is 0 Å². The van der Waals surface area contributed by atoms with Gasteiger partial charge in [0.1, 0.15) is 17.3 Å². The standard InChI is InChI=1S/C28H25ClFNO6/c1-4-36-23-13-17(7-12-22(23)32)25-24(26(33)16-5-9-19(10-6-16)37-15(2)3)27(34)28(35)31(25)18-8-11-21(30)20(29)14-18/h5-15,25,32-33H,4H2,1-3H3/b26-24+. The summed E-state index contributed by atoms with van der Waals surface area (Å²) in [6, 6.07) is 13.3.